The number of hydrogen-bond acceptors (Lipinski definition) is 4. The molecule has 1 N–H and O–H groups in total. The predicted molar refractivity (Wildman–Crippen MR) is 99.6 cm³/mol. The van der Waals surface area contributed by atoms with E-state index in [0.29, 0.717) is 19.1 Å². The first-order chi connectivity index (χ1) is 12.4. The fourth-order valence-corrected chi connectivity index (χ4v) is 2.93. The molecular formula is C20H25N3O3. The van der Waals surface area contributed by atoms with Crippen molar-refractivity contribution in [3.05, 3.63) is 57.5 Å². The summed E-state index contributed by atoms with van der Waals surface area (Å²) in [4.78, 5) is 24.4. The van der Waals surface area contributed by atoms with Crippen molar-refractivity contribution in [3.8, 4) is 5.75 Å². The number of benzene rings is 1. The Bertz CT molecular complexity index is 835. The Hall–Kier alpha value is -2.63. The number of amides is 1. The molecule has 6 nitrogen and oxygen atoms in total. The van der Waals surface area contributed by atoms with E-state index in [2.05, 4.69) is 16.5 Å². The Morgan fingerprint density at radius 1 is 1.27 bits per heavy atom. The van der Waals surface area contributed by atoms with Crippen molar-refractivity contribution in [1.29, 1.82) is 0 Å². The molecule has 26 heavy (non-hydrogen) atoms. The van der Waals surface area contributed by atoms with Gasteiger partial charge in [0.15, 0.2) is 0 Å². The maximum absolute atomic E-state index is 12.3. The van der Waals surface area contributed by atoms with Crippen LogP contribution < -0.4 is 15.6 Å². The standard InChI is InChI=1S/C20H25N3O3/c1-13-10-14(2)12-17(11-13)26-9-8-21-20(25)15(3)23-19(24)7-6-18(22-23)16-4-5-16/h6-7,10-12,15-16H,4-5,8-9H2,1-3H3,(H,21,25). The van der Waals surface area contributed by atoms with E-state index in [4.69, 9.17) is 4.74 Å². The van der Waals surface area contributed by atoms with Crippen LogP contribution in [0.3, 0.4) is 0 Å². The second-order valence-corrected chi connectivity index (χ2v) is 6.95. The molecule has 0 radical (unpaired) electrons. The van der Waals surface area contributed by atoms with E-state index >= 15 is 0 Å². The van der Waals surface area contributed by atoms with Crippen molar-refractivity contribution in [2.45, 2.75) is 45.6 Å². The first-order valence-corrected chi connectivity index (χ1v) is 9.02. The quantitative estimate of drug-likeness (QED) is 0.775. The Morgan fingerprint density at radius 2 is 1.96 bits per heavy atom. The van der Waals surface area contributed by atoms with Crippen molar-refractivity contribution in [2.24, 2.45) is 0 Å². The number of carbonyl (C=O) groups is 1. The van der Waals surface area contributed by atoms with E-state index in [9.17, 15) is 9.59 Å². The molecule has 1 saturated carbocycles. The second-order valence-electron chi connectivity index (χ2n) is 6.95. The van der Waals surface area contributed by atoms with Crippen molar-refractivity contribution < 1.29 is 9.53 Å². The smallest absolute Gasteiger partial charge is 0.267 e. The van der Waals surface area contributed by atoms with Crippen LogP contribution in [0, 0.1) is 13.8 Å². The highest BCUT2D eigenvalue weighted by Crippen LogP contribution is 2.38. The third-order valence-electron chi connectivity index (χ3n) is 4.45. The number of aryl methyl sites for hydroxylation is 2. The van der Waals surface area contributed by atoms with Crippen LogP contribution in [0.1, 0.15) is 48.5 Å². The maximum Gasteiger partial charge on any atom is 0.267 e. The third kappa shape index (κ3) is 4.50. The molecule has 6 heteroatoms. The molecule has 0 spiro atoms. The molecule has 1 fully saturated rings. The molecule has 1 aromatic carbocycles. The van der Waals surface area contributed by atoms with Gasteiger partial charge < -0.3 is 10.1 Å². The summed E-state index contributed by atoms with van der Waals surface area (Å²) in [7, 11) is 0. The van der Waals surface area contributed by atoms with Gasteiger partial charge in [-0.2, -0.15) is 5.10 Å². The minimum atomic E-state index is -0.651. The van der Waals surface area contributed by atoms with Gasteiger partial charge in [0.2, 0.25) is 5.91 Å². The zero-order valence-corrected chi connectivity index (χ0v) is 15.5. The average molecular weight is 355 g/mol. The lowest BCUT2D eigenvalue weighted by Crippen LogP contribution is -2.38. The number of ether oxygens (including phenoxy) is 1. The Balaban J connectivity index is 1.53. The topological polar surface area (TPSA) is 73.2 Å². The number of rotatable bonds is 7. The highest BCUT2D eigenvalue weighted by atomic mass is 16.5. The maximum atomic E-state index is 12.3. The predicted octanol–water partition coefficient (Wildman–Crippen LogP) is 2.49. The zero-order valence-electron chi connectivity index (χ0n) is 15.5. The van der Waals surface area contributed by atoms with Crippen molar-refractivity contribution in [3.63, 3.8) is 0 Å². The van der Waals surface area contributed by atoms with Gasteiger partial charge in [0, 0.05) is 12.0 Å². The fourth-order valence-electron chi connectivity index (χ4n) is 2.93. The Kier molecular flexibility index (Phi) is 5.40. The van der Waals surface area contributed by atoms with Crippen LogP contribution >= 0.6 is 0 Å². The van der Waals surface area contributed by atoms with Gasteiger partial charge in [0.25, 0.3) is 5.56 Å². The van der Waals surface area contributed by atoms with E-state index in [-0.39, 0.29) is 11.5 Å². The minimum Gasteiger partial charge on any atom is -0.492 e. The molecule has 1 aliphatic carbocycles. The van der Waals surface area contributed by atoms with E-state index < -0.39 is 6.04 Å². The lowest BCUT2D eigenvalue weighted by molar-refractivity contribution is -0.124. The van der Waals surface area contributed by atoms with Gasteiger partial charge in [-0.25, -0.2) is 4.68 Å². The van der Waals surface area contributed by atoms with Gasteiger partial charge >= 0.3 is 0 Å². The average Bonchev–Trinajstić information content (AvgIpc) is 3.42. The molecule has 0 aliphatic heterocycles. The first kappa shape index (κ1) is 18.2. The molecule has 2 aromatic rings. The fraction of sp³-hybridized carbons (Fsp3) is 0.450. The molecule has 1 heterocycles. The highest BCUT2D eigenvalue weighted by molar-refractivity contribution is 5.79. The number of carbonyl (C=O) groups excluding carboxylic acids is 1. The van der Waals surface area contributed by atoms with Gasteiger partial charge in [-0.05, 0) is 62.9 Å². The van der Waals surface area contributed by atoms with Crippen molar-refractivity contribution >= 4 is 5.91 Å². The molecule has 1 atom stereocenters. The van der Waals surface area contributed by atoms with Crippen LogP contribution in [0.5, 0.6) is 5.75 Å². The summed E-state index contributed by atoms with van der Waals surface area (Å²) in [5.41, 5.74) is 2.91. The third-order valence-corrected chi connectivity index (χ3v) is 4.45. The monoisotopic (exact) mass is 355 g/mol. The molecule has 1 aromatic heterocycles. The van der Waals surface area contributed by atoms with E-state index in [1.54, 1.807) is 13.0 Å². The number of nitrogens with zero attached hydrogens (tertiary/aromatic N) is 2. The van der Waals surface area contributed by atoms with Gasteiger partial charge in [-0.15, -0.1) is 0 Å². The van der Waals surface area contributed by atoms with Crippen LogP contribution in [-0.4, -0.2) is 28.8 Å². The summed E-state index contributed by atoms with van der Waals surface area (Å²) >= 11 is 0. The van der Waals surface area contributed by atoms with E-state index in [0.717, 1.165) is 35.4 Å². The second kappa shape index (κ2) is 7.72. The van der Waals surface area contributed by atoms with Gasteiger partial charge in [0.1, 0.15) is 18.4 Å². The van der Waals surface area contributed by atoms with Crippen LogP contribution in [0.25, 0.3) is 0 Å². The molecule has 1 aliphatic rings. The molecule has 0 bridgehead atoms. The number of hydrogen-bond donors (Lipinski definition) is 1. The van der Waals surface area contributed by atoms with Crippen LogP contribution in [-0.2, 0) is 4.79 Å². The lowest BCUT2D eigenvalue weighted by atomic mass is 10.1. The van der Waals surface area contributed by atoms with E-state index in [1.165, 1.54) is 10.7 Å². The van der Waals surface area contributed by atoms with Crippen LogP contribution in [0.2, 0.25) is 0 Å². The summed E-state index contributed by atoms with van der Waals surface area (Å²) in [5, 5.41) is 7.17. The molecule has 1 unspecified atom stereocenters. The van der Waals surface area contributed by atoms with Gasteiger partial charge in [-0.3, -0.25) is 9.59 Å². The summed E-state index contributed by atoms with van der Waals surface area (Å²) in [6.45, 7) is 6.46. The summed E-state index contributed by atoms with van der Waals surface area (Å²) in [6, 6.07) is 8.61. The summed E-state index contributed by atoms with van der Waals surface area (Å²) in [5.74, 6) is 0.986. The Labute approximate surface area is 153 Å². The lowest BCUT2D eigenvalue weighted by Gasteiger charge is -2.15. The van der Waals surface area contributed by atoms with Crippen LogP contribution in [0.15, 0.2) is 35.1 Å². The minimum absolute atomic E-state index is 0.239. The molecule has 138 valence electrons. The highest BCUT2D eigenvalue weighted by Gasteiger charge is 2.27. The molecular weight excluding hydrogens is 330 g/mol. The first-order valence-electron chi connectivity index (χ1n) is 9.02. The van der Waals surface area contributed by atoms with Crippen LogP contribution in [0.4, 0.5) is 0 Å². The van der Waals surface area contributed by atoms with Crippen molar-refractivity contribution in [1.82, 2.24) is 15.1 Å². The van der Waals surface area contributed by atoms with Gasteiger partial charge in [0.05, 0.1) is 12.2 Å². The largest absolute Gasteiger partial charge is 0.492 e. The summed E-state index contributed by atoms with van der Waals surface area (Å²) in [6.07, 6.45) is 2.20. The van der Waals surface area contributed by atoms with Gasteiger partial charge in [-0.1, -0.05) is 6.07 Å². The summed E-state index contributed by atoms with van der Waals surface area (Å²) < 4.78 is 6.96. The molecule has 0 saturated heterocycles. The number of nitrogens with one attached hydrogen (secondary N) is 1. The number of aromatic nitrogens is 2. The SMILES string of the molecule is Cc1cc(C)cc(OCCNC(=O)C(C)n2nc(C3CC3)ccc2=O)c1. The van der Waals surface area contributed by atoms with E-state index in [1.807, 2.05) is 26.0 Å². The molecule has 1 amide bonds. The molecule has 3 rings (SSSR count). The zero-order chi connectivity index (χ0) is 18.7. The normalized spacial score (nSPS) is 14.7. The Morgan fingerprint density at radius 3 is 2.62 bits per heavy atom. The van der Waals surface area contributed by atoms with Crippen molar-refractivity contribution in [2.75, 3.05) is 13.2 Å².